The van der Waals surface area contributed by atoms with Crippen LogP contribution in [0.3, 0.4) is 0 Å². The second-order valence-corrected chi connectivity index (χ2v) is 8.93. The van der Waals surface area contributed by atoms with Gasteiger partial charge in [-0.3, -0.25) is 0 Å². The van der Waals surface area contributed by atoms with Crippen molar-refractivity contribution >= 4 is 6.03 Å². The second-order valence-electron chi connectivity index (χ2n) is 8.93. The number of amides is 2. The Morgan fingerprint density at radius 1 is 0.971 bits per heavy atom. The number of halogens is 6. The predicted molar refractivity (Wildman–Crippen MR) is 111 cm³/mol. The van der Waals surface area contributed by atoms with E-state index >= 15 is 0 Å². The fourth-order valence-corrected chi connectivity index (χ4v) is 3.44. The second kappa shape index (κ2) is 9.36. The van der Waals surface area contributed by atoms with Gasteiger partial charge in [0.25, 0.3) is 0 Å². The van der Waals surface area contributed by atoms with Crippen molar-refractivity contribution in [2.45, 2.75) is 51.1 Å². The molecule has 0 spiro atoms. The molecule has 0 bridgehead atoms. The highest BCUT2D eigenvalue weighted by atomic mass is 19.4. The van der Waals surface area contributed by atoms with Gasteiger partial charge in [-0.1, -0.05) is 30.3 Å². The Balaban J connectivity index is 1.84. The Hall–Kier alpha value is -2.95. The summed E-state index contributed by atoms with van der Waals surface area (Å²) < 4.78 is 88.2. The molecule has 0 aromatic heterocycles. The van der Waals surface area contributed by atoms with Gasteiger partial charge in [-0.05, 0) is 50.1 Å². The largest absolute Gasteiger partial charge is 0.573 e. The molecule has 5 nitrogen and oxygen atoms in total. The SMILES string of the molecule is CC(C)(C)NC(=O)N1CC(OC(c2ccc(OC(F)(F)F)cc2)c2ccccc2C(F)(F)F)C1. The van der Waals surface area contributed by atoms with E-state index in [4.69, 9.17) is 4.74 Å². The number of benzene rings is 2. The van der Waals surface area contributed by atoms with Gasteiger partial charge in [0.15, 0.2) is 0 Å². The first-order valence-corrected chi connectivity index (χ1v) is 10.4. The zero-order chi connectivity index (χ0) is 25.3. The van der Waals surface area contributed by atoms with Crippen LogP contribution in [0.1, 0.15) is 43.6 Å². The summed E-state index contributed by atoms with van der Waals surface area (Å²) in [5, 5.41) is 2.79. The van der Waals surface area contributed by atoms with Gasteiger partial charge in [-0.25, -0.2) is 4.79 Å². The van der Waals surface area contributed by atoms with E-state index in [0.29, 0.717) is 0 Å². The van der Waals surface area contributed by atoms with Gasteiger partial charge in [0, 0.05) is 5.54 Å². The van der Waals surface area contributed by atoms with E-state index in [1.165, 1.54) is 35.2 Å². The molecule has 0 saturated carbocycles. The molecule has 0 radical (unpaired) electrons. The lowest BCUT2D eigenvalue weighted by Gasteiger charge is -2.42. The first kappa shape index (κ1) is 25.7. The van der Waals surface area contributed by atoms with Crippen molar-refractivity contribution in [1.29, 1.82) is 0 Å². The number of alkyl halides is 6. The molecule has 186 valence electrons. The molecular weight excluding hydrogens is 466 g/mol. The van der Waals surface area contributed by atoms with Crippen molar-refractivity contribution in [2.24, 2.45) is 0 Å². The number of hydrogen-bond donors (Lipinski definition) is 1. The van der Waals surface area contributed by atoms with Gasteiger partial charge in [-0.2, -0.15) is 13.2 Å². The summed E-state index contributed by atoms with van der Waals surface area (Å²) in [5.41, 5.74) is -1.35. The highest BCUT2D eigenvalue weighted by Gasteiger charge is 2.39. The van der Waals surface area contributed by atoms with Crippen LogP contribution in [-0.2, 0) is 10.9 Å². The van der Waals surface area contributed by atoms with Gasteiger partial charge in [0.2, 0.25) is 0 Å². The Morgan fingerprint density at radius 2 is 1.56 bits per heavy atom. The molecule has 1 aliphatic rings. The molecular formula is C23H24F6N2O3. The smallest absolute Gasteiger partial charge is 0.406 e. The maximum absolute atomic E-state index is 13.7. The number of carbonyl (C=O) groups excluding carboxylic acids is 1. The lowest BCUT2D eigenvalue weighted by atomic mass is 9.95. The van der Waals surface area contributed by atoms with E-state index < -0.39 is 41.6 Å². The Bertz CT molecular complexity index is 993. The fraction of sp³-hybridized carbons (Fsp3) is 0.435. The lowest BCUT2D eigenvalue weighted by Crippen LogP contribution is -2.60. The molecule has 11 heteroatoms. The minimum Gasteiger partial charge on any atom is -0.406 e. The number of hydrogen-bond acceptors (Lipinski definition) is 3. The molecule has 2 aromatic rings. The van der Waals surface area contributed by atoms with E-state index in [1.54, 1.807) is 0 Å². The maximum Gasteiger partial charge on any atom is 0.573 e. The Labute approximate surface area is 192 Å². The number of carbonyl (C=O) groups is 1. The molecule has 1 aliphatic heterocycles. The standard InChI is InChI=1S/C23H24F6N2O3/c1-21(2,3)30-20(32)31-12-16(13-31)33-19(17-6-4-5-7-18(17)22(24,25)26)14-8-10-15(11-9-14)34-23(27,28)29/h4-11,16,19H,12-13H2,1-3H3,(H,30,32). The zero-order valence-corrected chi connectivity index (χ0v) is 18.6. The van der Waals surface area contributed by atoms with Gasteiger partial charge in [-0.15, -0.1) is 13.2 Å². The van der Waals surface area contributed by atoms with E-state index in [1.807, 2.05) is 20.8 Å². The third kappa shape index (κ3) is 6.78. The van der Waals surface area contributed by atoms with Gasteiger partial charge < -0.3 is 19.7 Å². The van der Waals surface area contributed by atoms with E-state index in [-0.39, 0.29) is 30.2 Å². The number of urea groups is 1. The monoisotopic (exact) mass is 490 g/mol. The van der Waals surface area contributed by atoms with Crippen molar-refractivity contribution in [3.8, 4) is 5.75 Å². The summed E-state index contributed by atoms with van der Waals surface area (Å²) in [4.78, 5) is 13.7. The predicted octanol–water partition coefficient (Wildman–Crippen LogP) is 5.90. The third-order valence-corrected chi connectivity index (χ3v) is 4.91. The summed E-state index contributed by atoms with van der Waals surface area (Å²) in [6.45, 7) is 5.75. The molecule has 34 heavy (non-hydrogen) atoms. The van der Waals surface area contributed by atoms with Crippen LogP contribution in [0.25, 0.3) is 0 Å². The summed E-state index contributed by atoms with van der Waals surface area (Å²) in [7, 11) is 0. The van der Waals surface area contributed by atoms with Crippen LogP contribution >= 0.6 is 0 Å². The Morgan fingerprint density at radius 3 is 2.09 bits per heavy atom. The number of ether oxygens (including phenoxy) is 2. The van der Waals surface area contributed by atoms with Crippen molar-refractivity contribution in [3.05, 3.63) is 65.2 Å². The van der Waals surface area contributed by atoms with Crippen LogP contribution in [0.2, 0.25) is 0 Å². The first-order valence-electron chi connectivity index (χ1n) is 10.4. The van der Waals surface area contributed by atoms with Crippen LogP contribution in [0.15, 0.2) is 48.5 Å². The third-order valence-electron chi connectivity index (χ3n) is 4.91. The molecule has 1 N–H and O–H groups in total. The van der Waals surface area contributed by atoms with Crippen LogP contribution in [0.5, 0.6) is 5.75 Å². The number of rotatable bonds is 5. The summed E-state index contributed by atoms with van der Waals surface area (Å²) >= 11 is 0. The molecule has 1 atom stereocenters. The summed E-state index contributed by atoms with van der Waals surface area (Å²) in [5.74, 6) is -0.507. The molecule has 3 rings (SSSR count). The van der Waals surface area contributed by atoms with Crippen molar-refractivity contribution < 1.29 is 40.6 Å². The average Bonchev–Trinajstić information content (AvgIpc) is 2.65. The molecule has 1 heterocycles. The highest BCUT2D eigenvalue weighted by molar-refractivity contribution is 5.75. The summed E-state index contributed by atoms with van der Waals surface area (Å²) in [6, 6.07) is 8.99. The molecule has 1 unspecified atom stereocenters. The topological polar surface area (TPSA) is 50.8 Å². The maximum atomic E-state index is 13.7. The lowest BCUT2D eigenvalue weighted by molar-refractivity contribution is -0.274. The highest BCUT2D eigenvalue weighted by Crippen LogP contribution is 2.39. The number of likely N-dealkylation sites (tertiary alicyclic amines) is 1. The minimum atomic E-state index is -4.90. The quantitative estimate of drug-likeness (QED) is 0.531. The van der Waals surface area contributed by atoms with Crippen LogP contribution < -0.4 is 10.1 Å². The molecule has 2 aromatic carbocycles. The Kier molecular flexibility index (Phi) is 7.07. The van der Waals surface area contributed by atoms with Crippen LogP contribution in [0.4, 0.5) is 31.1 Å². The normalized spacial score (nSPS) is 16.1. The first-order chi connectivity index (χ1) is 15.6. The summed E-state index contributed by atoms with van der Waals surface area (Å²) in [6.07, 6.45) is -11.4. The van der Waals surface area contributed by atoms with Crippen LogP contribution in [0, 0.1) is 0 Å². The molecule has 1 saturated heterocycles. The van der Waals surface area contributed by atoms with Crippen molar-refractivity contribution in [2.75, 3.05) is 13.1 Å². The number of nitrogens with zero attached hydrogens (tertiary/aromatic N) is 1. The van der Waals surface area contributed by atoms with E-state index in [9.17, 15) is 31.1 Å². The average molecular weight is 490 g/mol. The minimum absolute atomic E-state index is 0.155. The van der Waals surface area contributed by atoms with E-state index in [2.05, 4.69) is 10.1 Å². The van der Waals surface area contributed by atoms with E-state index in [0.717, 1.165) is 18.2 Å². The number of nitrogens with one attached hydrogen (secondary N) is 1. The van der Waals surface area contributed by atoms with Gasteiger partial charge in [0.05, 0.1) is 24.8 Å². The van der Waals surface area contributed by atoms with Crippen LogP contribution in [-0.4, -0.2) is 42.0 Å². The van der Waals surface area contributed by atoms with Gasteiger partial charge in [0.1, 0.15) is 11.9 Å². The zero-order valence-electron chi connectivity index (χ0n) is 18.6. The molecule has 1 fully saturated rings. The molecule has 0 aliphatic carbocycles. The van der Waals surface area contributed by atoms with Gasteiger partial charge >= 0.3 is 18.6 Å². The molecule has 2 amide bonds. The van der Waals surface area contributed by atoms with Crippen molar-refractivity contribution in [3.63, 3.8) is 0 Å². The fourth-order valence-electron chi connectivity index (χ4n) is 3.44. The van der Waals surface area contributed by atoms with Crippen molar-refractivity contribution in [1.82, 2.24) is 10.2 Å².